The van der Waals surface area contributed by atoms with Crippen molar-refractivity contribution in [2.75, 3.05) is 42.5 Å². The Hall–Kier alpha value is -3.09. The molecule has 2 aliphatic heterocycles. The predicted octanol–water partition coefficient (Wildman–Crippen LogP) is 6.00. The number of hydrogen-bond acceptors (Lipinski definition) is 5. The van der Waals surface area contributed by atoms with Gasteiger partial charge in [0.15, 0.2) is 5.13 Å². The summed E-state index contributed by atoms with van der Waals surface area (Å²) in [6.45, 7) is 3.88. The van der Waals surface area contributed by atoms with Gasteiger partial charge in [-0.15, -0.1) is 0 Å². The quantitative estimate of drug-likeness (QED) is 0.355. The first-order valence-corrected chi connectivity index (χ1v) is 12.9. The summed E-state index contributed by atoms with van der Waals surface area (Å²) in [5, 5.41) is 1.70. The van der Waals surface area contributed by atoms with Crippen molar-refractivity contribution in [3.8, 4) is 0 Å². The molecule has 3 aromatic carbocycles. The van der Waals surface area contributed by atoms with Crippen molar-refractivity contribution in [3.63, 3.8) is 0 Å². The average molecular weight is 489 g/mol. The summed E-state index contributed by atoms with van der Waals surface area (Å²) in [6, 6.07) is 22.4. The summed E-state index contributed by atoms with van der Waals surface area (Å²) in [5.74, 6) is 0.0623. The van der Waals surface area contributed by atoms with Gasteiger partial charge in [-0.1, -0.05) is 53.3 Å². The van der Waals surface area contributed by atoms with Gasteiger partial charge in [-0.3, -0.25) is 4.79 Å². The first-order chi connectivity index (χ1) is 16.7. The van der Waals surface area contributed by atoms with Gasteiger partial charge >= 0.3 is 0 Å². The molecule has 0 aliphatic carbocycles. The molecule has 2 aliphatic rings. The SMILES string of the molecule is O=C(c1cccc2sc(N3CCCc4ccccc43)nc12)N1CCN(c2cccc(Cl)c2)CC1. The van der Waals surface area contributed by atoms with E-state index < -0.39 is 0 Å². The Morgan fingerprint density at radius 3 is 2.59 bits per heavy atom. The van der Waals surface area contributed by atoms with Gasteiger partial charge in [0.2, 0.25) is 0 Å². The highest BCUT2D eigenvalue weighted by molar-refractivity contribution is 7.22. The first-order valence-electron chi connectivity index (χ1n) is 11.7. The number of nitrogens with zero attached hydrogens (tertiary/aromatic N) is 4. The molecule has 7 heteroatoms. The fourth-order valence-corrected chi connectivity index (χ4v) is 6.18. The van der Waals surface area contributed by atoms with Gasteiger partial charge in [0.1, 0.15) is 0 Å². The third kappa shape index (κ3) is 3.91. The molecule has 5 nitrogen and oxygen atoms in total. The largest absolute Gasteiger partial charge is 0.368 e. The number of aromatic nitrogens is 1. The van der Waals surface area contributed by atoms with Crippen LogP contribution in [-0.2, 0) is 6.42 Å². The minimum atomic E-state index is 0.0623. The van der Waals surface area contributed by atoms with Crippen LogP contribution in [-0.4, -0.2) is 48.5 Å². The van der Waals surface area contributed by atoms with Gasteiger partial charge in [0.05, 0.1) is 15.8 Å². The van der Waals surface area contributed by atoms with Crippen molar-refractivity contribution in [1.29, 1.82) is 0 Å². The summed E-state index contributed by atoms with van der Waals surface area (Å²) in [7, 11) is 0. The molecule has 0 unspecified atom stereocenters. The van der Waals surface area contributed by atoms with Crippen LogP contribution in [0.3, 0.4) is 0 Å². The second-order valence-corrected chi connectivity index (χ2v) is 10.2. The fourth-order valence-electron chi connectivity index (χ4n) is 4.97. The number of amides is 1. The monoisotopic (exact) mass is 488 g/mol. The Balaban J connectivity index is 1.25. The summed E-state index contributed by atoms with van der Waals surface area (Å²) in [5.41, 5.74) is 5.21. The molecule has 4 aromatic rings. The lowest BCUT2D eigenvalue weighted by atomic mass is 10.0. The van der Waals surface area contributed by atoms with E-state index in [2.05, 4.69) is 46.2 Å². The van der Waals surface area contributed by atoms with E-state index in [9.17, 15) is 4.79 Å². The number of anilines is 3. The summed E-state index contributed by atoms with van der Waals surface area (Å²) < 4.78 is 1.06. The molecule has 1 aromatic heterocycles. The molecule has 0 atom stereocenters. The smallest absolute Gasteiger partial charge is 0.256 e. The lowest BCUT2D eigenvalue weighted by Crippen LogP contribution is -2.48. The van der Waals surface area contributed by atoms with Crippen molar-refractivity contribution in [2.24, 2.45) is 0 Å². The molecule has 0 bridgehead atoms. The number of hydrogen-bond donors (Lipinski definition) is 0. The topological polar surface area (TPSA) is 39.7 Å². The summed E-state index contributed by atoms with van der Waals surface area (Å²) in [6.07, 6.45) is 2.21. The van der Waals surface area contributed by atoms with Crippen molar-refractivity contribution in [2.45, 2.75) is 12.8 Å². The van der Waals surface area contributed by atoms with Gasteiger partial charge < -0.3 is 14.7 Å². The van der Waals surface area contributed by atoms with E-state index in [-0.39, 0.29) is 5.91 Å². The highest BCUT2D eigenvalue weighted by Gasteiger charge is 2.26. The van der Waals surface area contributed by atoms with Crippen LogP contribution in [0, 0.1) is 0 Å². The lowest BCUT2D eigenvalue weighted by molar-refractivity contribution is 0.0748. The molecule has 0 N–H and O–H groups in total. The van der Waals surface area contributed by atoms with E-state index in [4.69, 9.17) is 16.6 Å². The number of para-hydroxylation sites is 2. The molecule has 6 rings (SSSR count). The first kappa shape index (κ1) is 21.4. The van der Waals surface area contributed by atoms with Gasteiger partial charge in [0.25, 0.3) is 5.91 Å². The molecule has 1 fully saturated rings. The molecule has 3 heterocycles. The lowest BCUT2D eigenvalue weighted by Gasteiger charge is -2.36. The zero-order valence-electron chi connectivity index (χ0n) is 18.8. The third-order valence-electron chi connectivity index (χ3n) is 6.72. The molecule has 1 amide bonds. The van der Waals surface area contributed by atoms with Crippen LogP contribution in [0.5, 0.6) is 0 Å². The number of thiazole rings is 1. The third-order valence-corrected chi connectivity index (χ3v) is 8.00. The standard InChI is InChI=1S/C27H25ClN4OS/c28-20-8-3-9-21(18-20)30-14-16-31(17-15-30)26(33)22-10-4-12-24-25(22)29-27(34-24)32-13-5-7-19-6-1-2-11-23(19)32/h1-4,6,8-12,18H,5,7,13-17H2. The average Bonchev–Trinajstić information content (AvgIpc) is 3.32. The van der Waals surface area contributed by atoms with E-state index >= 15 is 0 Å². The Bertz CT molecular complexity index is 1360. The Morgan fingerprint density at radius 1 is 0.912 bits per heavy atom. The molecule has 0 spiro atoms. The Labute approximate surface area is 208 Å². The second-order valence-electron chi connectivity index (χ2n) is 8.79. The molecule has 0 saturated carbocycles. The summed E-state index contributed by atoms with van der Waals surface area (Å²) in [4.78, 5) is 25.1. The number of piperazine rings is 1. The van der Waals surface area contributed by atoms with Gasteiger partial charge in [-0.2, -0.15) is 0 Å². The van der Waals surface area contributed by atoms with Gasteiger partial charge in [0, 0.05) is 49.1 Å². The van der Waals surface area contributed by atoms with Crippen LogP contribution in [0.4, 0.5) is 16.5 Å². The van der Waals surface area contributed by atoms with Crippen LogP contribution in [0.2, 0.25) is 5.02 Å². The molecular weight excluding hydrogens is 464 g/mol. The highest BCUT2D eigenvalue weighted by Crippen LogP contribution is 2.38. The molecular formula is C27H25ClN4OS. The number of aryl methyl sites for hydroxylation is 1. The number of carbonyl (C=O) groups excluding carboxylic acids is 1. The Morgan fingerprint density at radius 2 is 1.74 bits per heavy atom. The van der Waals surface area contributed by atoms with Crippen molar-refractivity contribution in [3.05, 3.63) is 82.9 Å². The van der Waals surface area contributed by atoms with Crippen molar-refractivity contribution < 1.29 is 4.79 Å². The van der Waals surface area contributed by atoms with E-state index in [1.165, 1.54) is 11.3 Å². The molecule has 34 heavy (non-hydrogen) atoms. The van der Waals surface area contributed by atoms with Crippen LogP contribution in [0.1, 0.15) is 22.3 Å². The number of fused-ring (bicyclic) bond motifs is 2. The maximum atomic E-state index is 13.5. The van der Waals surface area contributed by atoms with Crippen LogP contribution in [0.15, 0.2) is 66.7 Å². The number of benzene rings is 3. The number of carbonyl (C=O) groups is 1. The van der Waals surface area contributed by atoms with Gasteiger partial charge in [-0.25, -0.2) is 4.98 Å². The zero-order valence-corrected chi connectivity index (χ0v) is 20.4. The molecule has 172 valence electrons. The van der Waals surface area contributed by atoms with E-state index in [1.54, 1.807) is 11.3 Å². The van der Waals surface area contributed by atoms with Gasteiger partial charge in [-0.05, 0) is 54.8 Å². The maximum absolute atomic E-state index is 13.5. The fraction of sp³-hybridized carbons (Fsp3) is 0.259. The van der Waals surface area contributed by atoms with E-state index in [1.807, 2.05) is 35.2 Å². The minimum absolute atomic E-state index is 0.0623. The molecule has 1 saturated heterocycles. The van der Waals surface area contributed by atoms with Crippen LogP contribution >= 0.6 is 22.9 Å². The number of rotatable bonds is 3. The predicted molar refractivity (Wildman–Crippen MR) is 141 cm³/mol. The maximum Gasteiger partial charge on any atom is 0.256 e. The van der Waals surface area contributed by atoms with Crippen molar-refractivity contribution >= 4 is 55.6 Å². The van der Waals surface area contributed by atoms with Crippen LogP contribution in [0.25, 0.3) is 10.2 Å². The molecule has 0 radical (unpaired) electrons. The van der Waals surface area contributed by atoms with Crippen LogP contribution < -0.4 is 9.80 Å². The van der Waals surface area contributed by atoms with E-state index in [0.29, 0.717) is 18.7 Å². The second kappa shape index (κ2) is 8.93. The van der Waals surface area contributed by atoms with Crippen molar-refractivity contribution in [1.82, 2.24) is 9.88 Å². The highest BCUT2D eigenvalue weighted by atomic mass is 35.5. The summed E-state index contributed by atoms with van der Waals surface area (Å²) >= 11 is 7.83. The minimum Gasteiger partial charge on any atom is -0.368 e. The zero-order chi connectivity index (χ0) is 23.1. The normalized spacial score (nSPS) is 16.1. The van der Waals surface area contributed by atoms with E-state index in [0.717, 1.165) is 58.5 Å². The Kier molecular flexibility index (Phi) is 5.63. The number of halogens is 1.